The third-order valence-corrected chi connectivity index (χ3v) is 3.24. The van der Waals surface area contributed by atoms with Gasteiger partial charge in [0.05, 0.1) is 5.69 Å². The third-order valence-electron chi connectivity index (χ3n) is 1.85. The normalized spacial score (nSPS) is 10.9. The van der Waals surface area contributed by atoms with Crippen LogP contribution in [-0.2, 0) is 10.0 Å². The largest absolute Gasteiger partial charge is 0.399 e. The third kappa shape index (κ3) is 2.05. The van der Waals surface area contributed by atoms with Gasteiger partial charge in [0.2, 0.25) is 0 Å². The Hall–Kier alpha value is -1.49. The number of rotatable bonds is 3. The van der Waals surface area contributed by atoms with Crippen LogP contribution in [0.25, 0.3) is 0 Å². The predicted octanol–water partition coefficient (Wildman–Crippen LogP) is 1.18. The number of nitrogens with zero attached hydrogens (tertiary/aromatic N) is 1. The first-order chi connectivity index (χ1) is 6.47. The van der Waals surface area contributed by atoms with E-state index in [9.17, 15) is 8.42 Å². The predicted molar refractivity (Wildman–Crippen MR) is 58.4 cm³/mol. The van der Waals surface area contributed by atoms with E-state index in [1.807, 2.05) is 0 Å². The van der Waals surface area contributed by atoms with E-state index in [1.54, 1.807) is 24.3 Å². The molecular weight excluding hydrogens is 200 g/mol. The van der Waals surface area contributed by atoms with Crippen LogP contribution in [0, 0.1) is 0 Å². The maximum Gasteiger partial charge on any atom is 0.256 e. The molecule has 76 valence electrons. The van der Waals surface area contributed by atoms with Crippen LogP contribution in [0.2, 0.25) is 0 Å². The van der Waals surface area contributed by atoms with Crippen molar-refractivity contribution in [3.8, 4) is 0 Å². The molecule has 4 nitrogen and oxygen atoms in total. The molecule has 1 aromatic carbocycles. The minimum Gasteiger partial charge on any atom is -0.399 e. The average Bonchev–Trinajstić information content (AvgIpc) is 2.18. The zero-order valence-corrected chi connectivity index (χ0v) is 8.66. The number of hydrogen-bond acceptors (Lipinski definition) is 3. The highest BCUT2D eigenvalue weighted by Crippen LogP contribution is 2.17. The molecule has 0 amide bonds. The van der Waals surface area contributed by atoms with Crippen LogP contribution in [0.1, 0.15) is 0 Å². The lowest BCUT2D eigenvalue weighted by atomic mass is 10.3. The zero-order chi connectivity index (χ0) is 10.8. The molecule has 0 aliphatic carbocycles. The molecule has 0 radical (unpaired) electrons. The van der Waals surface area contributed by atoms with E-state index < -0.39 is 10.0 Å². The average molecular weight is 212 g/mol. The van der Waals surface area contributed by atoms with Gasteiger partial charge in [-0.25, -0.2) is 8.42 Å². The lowest BCUT2D eigenvalue weighted by Crippen LogP contribution is -2.23. The molecule has 0 bridgehead atoms. The van der Waals surface area contributed by atoms with Crippen LogP contribution in [0.5, 0.6) is 0 Å². The smallest absolute Gasteiger partial charge is 0.256 e. The molecule has 0 saturated carbocycles. The van der Waals surface area contributed by atoms with Gasteiger partial charge < -0.3 is 5.73 Å². The molecule has 2 N–H and O–H groups in total. The molecule has 1 aromatic rings. The van der Waals surface area contributed by atoms with Gasteiger partial charge in [0.1, 0.15) is 0 Å². The van der Waals surface area contributed by atoms with Gasteiger partial charge in [0.25, 0.3) is 10.0 Å². The lowest BCUT2D eigenvalue weighted by Gasteiger charge is -2.16. The molecule has 0 aromatic heterocycles. The summed E-state index contributed by atoms with van der Waals surface area (Å²) in [6.45, 7) is 3.24. The van der Waals surface area contributed by atoms with Gasteiger partial charge in [-0.05, 0) is 24.3 Å². The fraction of sp³-hybridized carbons (Fsp3) is 0.111. The Kier molecular flexibility index (Phi) is 2.81. The van der Waals surface area contributed by atoms with Crippen LogP contribution in [0.15, 0.2) is 36.3 Å². The molecule has 0 aliphatic heterocycles. The van der Waals surface area contributed by atoms with E-state index in [0.717, 1.165) is 9.71 Å². The molecule has 0 saturated heterocycles. The monoisotopic (exact) mass is 212 g/mol. The molecule has 0 heterocycles. The van der Waals surface area contributed by atoms with Gasteiger partial charge in [-0.2, -0.15) is 0 Å². The number of nitrogen functional groups attached to an aromatic ring is 1. The number of sulfonamides is 1. The first-order valence-electron chi connectivity index (χ1n) is 3.94. The van der Waals surface area contributed by atoms with Crippen molar-refractivity contribution in [3.05, 3.63) is 36.3 Å². The molecular formula is C9H12N2O2S. The summed E-state index contributed by atoms with van der Waals surface area (Å²) in [5, 5.41) is 0.906. The Bertz CT molecular complexity index is 423. The molecule has 0 unspecified atom stereocenters. The van der Waals surface area contributed by atoms with E-state index in [1.165, 1.54) is 7.05 Å². The van der Waals surface area contributed by atoms with E-state index in [0.29, 0.717) is 11.4 Å². The quantitative estimate of drug-likeness (QED) is 0.765. The van der Waals surface area contributed by atoms with Crippen molar-refractivity contribution in [2.24, 2.45) is 0 Å². The Labute approximate surface area is 83.7 Å². The molecule has 0 fully saturated rings. The van der Waals surface area contributed by atoms with Gasteiger partial charge in [-0.3, -0.25) is 4.31 Å². The lowest BCUT2D eigenvalue weighted by molar-refractivity contribution is 0.603. The van der Waals surface area contributed by atoms with Crippen molar-refractivity contribution in [1.29, 1.82) is 0 Å². The van der Waals surface area contributed by atoms with Gasteiger partial charge in [0, 0.05) is 18.1 Å². The van der Waals surface area contributed by atoms with Crippen LogP contribution in [0.3, 0.4) is 0 Å². The molecule has 0 spiro atoms. The number of hydrogen-bond donors (Lipinski definition) is 1. The second-order valence-electron chi connectivity index (χ2n) is 2.77. The zero-order valence-electron chi connectivity index (χ0n) is 7.84. The van der Waals surface area contributed by atoms with Crippen molar-refractivity contribution >= 4 is 21.4 Å². The molecule has 0 aliphatic rings. The summed E-state index contributed by atoms with van der Waals surface area (Å²) in [6, 6.07) is 6.56. The Morgan fingerprint density at radius 2 is 1.86 bits per heavy atom. The standard InChI is InChI=1S/C9H12N2O2S/c1-3-14(12,13)11(2)9-6-4-8(10)5-7-9/h3-7H,1,10H2,2H3. The highest BCUT2D eigenvalue weighted by Gasteiger charge is 2.13. The summed E-state index contributed by atoms with van der Waals surface area (Å²) in [6.07, 6.45) is 0. The van der Waals surface area contributed by atoms with E-state index >= 15 is 0 Å². The number of benzene rings is 1. The number of anilines is 2. The summed E-state index contributed by atoms with van der Waals surface area (Å²) in [7, 11) is -1.95. The molecule has 14 heavy (non-hydrogen) atoms. The Morgan fingerprint density at radius 1 is 1.36 bits per heavy atom. The Balaban J connectivity index is 3.07. The summed E-state index contributed by atoms with van der Waals surface area (Å²) >= 11 is 0. The highest BCUT2D eigenvalue weighted by molar-refractivity contribution is 7.95. The van der Waals surface area contributed by atoms with Gasteiger partial charge in [-0.15, -0.1) is 0 Å². The summed E-state index contributed by atoms with van der Waals surface area (Å²) in [5.74, 6) is 0. The number of nitrogens with two attached hydrogens (primary N) is 1. The van der Waals surface area contributed by atoms with Crippen LogP contribution in [-0.4, -0.2) is 15.5 Å². The highest BCUT2D eigenvalue weighted by atomic mass is 32.2. The van der Waals surface area contributed by atoms with Crippen LogP contribution < -0.4 is 10.0 Å². The molecule has 0 atom stereocenters. The fourth-order valence-corrected chi connectivity index (χ4v) is 1.58. The SMILES string of the molecule is C=CS(=O)(=O)N(C)c1ccc(N)cc1. The first-order valence-corrected chi connectivity index (χ1v) is 5.44. The second-order valence-corrected chi connectivity index (χ2v) is 4.68. The van der Waals surface area contributed by atoms with Crippen molar-refractivity contribution < 1.29 is 8.42 Å². The van der Waals surface area contributed by atoms with E-state index in [4.69, 9.17) is 5.73 Å². The van der Waals surface area contributed by atoms with E-state index in [2.05, 4.69) is 6.58 Å². The summed E-state index contributed by atoms with van der Waals surface area (Å²) in [4.78, 5) is 0. The van der Waals surface area contributed by atoms with Crippen molar-refractivity contribution in [1.82, 2.24) is 0 Å². The van der Waals surface area contributed by atoms with Crippen molar-refractivity contribution in [3.63, 3.8) is 0 Å². The maximum atomic E-state index is 11.4. The van der Waals surface area contributed by atoms with Gasteiger partial charge in [0.15, 0.2) is 0 Å². The minimum absolute atomic E-state index is 0.555. The van der Waals surface area contributed by atoms with Crippen LogP contribution in [0.4, 0.5) is 11.4 Å². The summed E-state index contributed by atoms with van der Waals surface area (Å²) < 4.78 is 23.9. The van der Waals surface area contributed by atoms with Gasteiger partial charge in [-0.1, -0.05) is 6.58 Å². The van der Waals surface area contributed by atoms with Crippen molar-refractivity contribution in [2.45, 2.75) is 0 Å². The minimum atomic E-state index is -3.41. The molecule has 5 heteroatoms. The van der Waals surface area contributed by atoms with Crippen molar-refractivity contribution in [2.75, 3.05) is 17.1 Å². The summed E-state index contributed by atoms with van der Waals surface area (Å²) in [5.41, 5.74) is 6.63. The van der Waals surface area contributed by atoms with Crippen LogP contribution >= 0.6 is 0 Å². The van der Waals surface area contributed by atoms with Gasteiger partial charge >= 0.3 is 0 Å². The first kappa shape index (κ1) is 10.6. The molecule has 1 rings (SSSR count). The van der Waals surface area contributed by atoms with E-state index in [-0.39, 0.29) is 0 Å². The topological polar surface area (TPSA) is 63.4 Å². The fourth-order valence-electron chi connectivity index (χ4n) is 0.943. The Morgan fingerprint density at radius 3 is 2.29 bits per heavy atom. The second kappa shape index (κ2) is 3.71. The maximum absolute atomic E-state index is 11.4.